The van der Waals surface area contributed by atoms with E-state index in [0.29, 0.717) is 18.4 Å². The maximum atomic E-state index is 9.49. The minimum absolute atomic E-state index is 0.223. The number of piperidine rings is 1. The Hall–Kier alpha value is -2.19. The van der Waals surface area contributed by atoms with Crippen LogP contribution in [0.4, 0.5) is 0 Å². The SMILES string of the molecule is CCC(CCO)c1ccc2c(C3CCNCC3)c(-c3n[nH]c4cc(COC)sc34)[nH]c2c1. The van der Waals surface area contributed by atoms with Crippen molar-refractivity contribution in [2.45, 2.75) is 51.0 Å². The molecule has 4 heterocycles. The molecule has 4 N–H and O–H groups in total. The van der Waals surface area contributed by atoms with E-state index in [-0.39, 0.29) is 6.61 Å². The maximum absolute atomic E-state index is 9.49. The van der Waals surface area contributed by atoms with Gasteiger partial charge in [-0.2, -0.15) is 5.10 Å². The lowest BCUT2D eigenvalue weighted by molar-refractivity contribution is 0.187. The van der Waals surface area contributed by atoms with Gasteiger partial charge in [0.1, 0.15) is 5.69 Å². The first-order chi connectivity index (χ1) is 15.7. The Balaban J connectivity index is 1.66. The van der Waals surface area contributed by atoms with Crippen molar-refractivity contribution in [3.63, 3.8) is 0 Å². The van der Waals surface area contributed by atoms with E-state index in [0.717, 1.165) is 55.7 Å². The summed E-state index contributed by atoms with van der Waals surface area (Å²) in [6.07, 6.45) is 4.10. The maximum Gasteiger partial charge on any atom is 0.126 e. The molecule has 4 aromatic rings. The van der Waals surface area contributed by atoms with E-state index in [2.05, 4.69) is 46.6 Å². The van der Waals surface area contributed by atoms with Crippen molar-refractivity contribution in [2.75, 3.05) is 26.8 Å². The Morgan fingerprint density at radius 1 is 1.22 bits per heavy atom. The zero-order chi connectivity index (χ0) is 22.1. The van der Waals surface area contributed by atoms with Gasteiger partial charge in [0.15, 0.2) is 0 Å². The summed E-state index contributed by atoms with van der Waals surface area (Å²) in [6.45, 7) is 5.14. The topological polar surface area (TPSA) is 86.0 Å². The number of H-pyrrole nitrogens is 2. The number of fused-ring (bicyclic) bond motifs is 2. The predicted octanol–water partition coefficient (Wildman–Crippen LogP) is 5.26. The van der Waals surface area contributed by atoms with E-state index in [1.807, 2.05) is 0 Å². The number of hydrogen-bond acceptors (Lipinski definition) is 5. The van der Waals surface area contributed by atoms with Crippen LogP contribution in [-0.2, 0) is 11.3 Å². The van der Waals surface area contributed by atoms with Gasteiger partial charge >= 0.3 is 0 Å². The molecule has 1 aliphatic heterocycles. The third kappa shape index (κ3) is 3.88. The number of aliphatic hydroxyl groups is 1. The standard InChI is InChI=1S/C25H32N4O2S/c1-3-15(8-11-30)17-4-5-19-20(12-17)27-23(22(19)16-6-9-26-10-7-16)24-25-21(28-29-24)13-18(32-25)14-31-2/h4-5,12-13,15-16,26-27,30H,3,6-11,14H2,1-2H3,(H,28,29). The summed E-state index contributed by atoms with van der Waals surface area (Å²) in [5, 5.41) is 22.3. The van der Waals surface area contributed by atoms with Crippen LogP contribution in [0.3, 0.4) is 0 Å². The normalized spacial score (nSPS) is 16.3. The fourth-order valence-electron chi connectivity index (χ4n) is 5.23. The van der Waals surface area contributed by atoms with E-state index < -0.39 is 0 Å². The quantitative estimate of drug-likeness (QED) is 0.294. The van der Waals surface area contributed by atoms with Crippen molar-refractivity contribution >= 4 is 32.5 Å². The van der Waals surface area contributed by atoms with Crippen molar-refractivity contribution < 1.29 is 9.84 Å². The first kappa shape index (κ1) is 21.6. The number of aliphatic hydroxyl groups excluding tert-OH is 1. The minimum Gasteiger partial charge on any atom is -0.396 e. The molecule has 32 heavy (non-hydrogen) atoms. The van der Waals surface area contributed by atoms with Gasteiger partial charge < -0.3 is 20.1 Å². The fraction of sp³-hybridized carbons (Fsp3) is 0.480. The number of nitrogens with one attached hydrogen (secondary N) is 3. The average molecular weight is 453 g/mol. The molecule has 1 fully saturated rings. The molecule has 170 valence electrons. The lowest BCUT2D eigenvalue weighted by Crippen LogP contribution is -2.26. The zero-order valence-corrected chi connectivity index (χ0v) is 19.6. The molecular formula is C25H32N4O2S. The summed E-state index contributed by atoms with van der Waals surface area (Å²) >= 11 is 1.75. The third-order valence-corrected chi connectivity index (χ3v) is 7.98. The van der Waals surface area contributed by atoms with E-state index in [4.69, 9.17) is 9.84 Å². The van der Waals surface area contributed by atoms with Crippen LogP contribution in [0.2, 0.25) is 0 Å². The summed E-state index contributed by atoms with van der Waals surface area (Å²) in [7, 11) is 1.73. The molecule has 0 bridgehead atoms. The number of rotatable bonds is 8. The Morgan fingerprint density at radius 3 is 2.81 bits per heavy atom. The molecule has 5 rings (SSSR count). The van der Waals surface area contributed by atoms with Crippen molar-refractivity contribution in [3.8, 4) is 11.4 Å². The predicted molar refractivity (Wildman–Crippen MR) is 132 cm³/mol. The molecule has 1 unspecified atom stereocenters. The van der Waals surface area contributed by atoms with Gasteiger partial charge in [-0.25, -0.2) is 0 Å². The van der Waals surface area contributed by atoms with Crippen molar-refractivity contribution in [2.24, 2.45) is 0 Å². The van der Waals surface area contributed by atoms with Gasteiger partial charge in [-0.05, 0) is 73.9 Å². The number of hydrogen-bond donors (Lipinski definition) is 4. The smallest absolute Gasteiger partial charge is 0.126 e. The molecule has 0 saturated carbocycles. The van der Waals surface area contributed by atoms with Crippen molar-refractivity contribution in [1.82, 2.24) is 20.5 Å². The molecule has 0 amide bonds. The van der Waals surface area contributed by atoms with Crippen LogP contribution in [0.5, 0.6) is 0 Å². The van der Waals surface area contributed by atoms with Gasteiger partial charge in [0.2, 0.25) is 0 Å². The molecule has 1 saturated heterocycles. The molecule has 3 aromatic heterocycles. The highest BCUT2D eigenvalue weighted by Crippen LogP contribution is 2.43. The average Bonchev–Trinajstić information content (AvgIpc) is 3.50. The number of aromatic nitrogens is 3. The number of benzene rings is 1. The number of ether oxygens (including phenoxy) is 1. The summed E-state index contributed by atoms with van der Waals surface area (Å²) in [5.41, 5.74) is 7.11. The molecule has 0 radical (unpaired) electrons. The summed E-state index contributed by atoms with van der Waals surface area (Å²) in [5.74, 6) is 0.889. The van der Waals surface area contributed by atoms with Crippen LogP contribution in [0, 0.1) is 0 Å². The molecule has 1 atom stereocenters. The summed E-state index contributed by atoms with van der Waals surface area (Å²) in [4.78, 5) is 4.97. The third-order valence-electron chi connectivity index (χ3n) is 6.86. The Labute approximate surface area is 192 Å². The van der Waals surface area contributed by atoms with Crippen molar-refractivity contribution in [3.05, 3.63) is 40.3 Å². The Bertz CT molecular complexity index is 1200. The second-order valence-corrected chi connectivity index (χ2v) is 9.96. The van der Waals surface area contributed by atoms with Gasteiger partial charge in [0.25, 0.3) is 0 Å². The molecule has 1 aromatic carbocycles. The van der Waals surface area contributed by atoms with Crippen LogP contribution < -0.4 is 5.32 Å². The second-order valence-electron chi connectivity index (χ2n) is 8.82. The first-order valence-corrected chi connectivity index (χ1v) is 12.5. The molecule has 7 heteroatoms. The second kappa shape index (κ2) is 9.35. The van der Waals surface area contributed by atoms with Gasteiger partial charge in [0, 0.05) is 29.5 Å². The van der Waals surface area contributed by atoms with E-state index in [1.165, 1.54) is 31.6 Å². The monoisotopic (exact) mass is 452 g/mol. The highest BCUT2D eigenvalue weighted by atomic mass is 32.1. The lowest BCUT2D eigenvalue weighted by Gasteiger charge is -2.23. The first-order valence-electron chi connectivity index (χ1n) is 11.7. The van der Waals surface area contributed by atoms with Crippen LogP contribution in [0.25, 0.3) is 32.5 Å². The molecule has 6 nitrogen and oxygen atoms in total. The van der Waals surface area contributed by atoms with Crippen molar-refractivity contribution in [1.29, 1.82) is 0 Å². The number of methoxy groups -OCH3 is 1. The Kier molecular flexibility index (Phi) is 6.33. The number of aromatic amines is 2. The van der Waals surface area contributed by atoms with Gasteiger partial charge in [-0.3, -0.25) is 5.10 Å². The fourth-order valence-corrected chi connectivity index (χ4v) is 6.30. The minimum atomic E-state index is 0.223. The van der Waals surface area contributed by atoms with Crippen LogP contribution >= 0.6 is 11.3 Å². The number of nitrogens with zero attached hydrogens (tertiary/aromatic N) is 1. The van der Waals surface area contributed by atoms with E-state index in [1.54, 1.807) is 18.4 Å². The molecule has 1 aliphatic rings. The Morgan fingerprint density at radius 2 is 2.06 bits per heavy atom. The van der Waals surface area contributed by atoms with Crippen LogP contribution in [-0.4, -0.2) is 47.1 Å². The largest absolute Gasteiger partial charge is 0.396 e. The highest BCUT2D eigenvalue weighted by Gasteiger charge is 2.26. The summed E-state index contributed by atoms with van der Waals surface area (Å²) in [6, 6.07) is 8.99. The van der Waals surface area contributed by atoms with Gasteiger partial charge in [-0.15, -0.1) is 11.3 Å². The molecular weight excluding hydrogens is 420 g/mol. The van der Waals surface area contributed by atoms with Crippen LogP contribution in [0.1, 0.15) is 60.4 Å². The van der Waals surface area contributed by atoms with E-state index in [9.17, 15) is 5.11 Å². The molecule has 0 aliphatic carbocycles. The highest BCUT2D eigenvalue weighted by molar-refractivity contribution is 7.19. The number of thiophene rings is 1. The zero-order valence-electron chi connectivity index (χ0n) is 18.8. The lowest BCUT2D eigenvalue weighted by atomic mass is 9.86. The summed E-state index contributed by atoms with van der Waals surface area (Å²) < 4.78 is 6.53. The van der Waals surface area contributed by atoms with Crippen LogP contribution in [0.15, 0.2) is 24.3 Å². The van der Waals surface area contributed by atoms with Gasteiger partial charge in [0.05, 0.1) is 22.5 Å². The molecule has 0 spiro atoms. The van der Waals surface area contributed by atoms with E-state index >= 15 is 0 Å². The van der Waals surface area contributed by atoms with Gasteiger partial charge in [-0.1, -0.05) is 19.1 Å².